The van der Waals surface area contributed by atoms with Crippen molar-refractivity contribution in [3.63, 3.8) is 0 Å². The Bertz CT molecular complexity index is 556. The van der Waals surface area contributed by atoms with E-state index in [1.807, 2.05) is 0 Å². The number of benzene rings is 1. The molecule has 0 bridgehead atoms. The molecule has 23 heavy (non-hydrogen) atoms. The molecule has 4 heteroatoms. The first-order chi connectivity index (χ1) is 10.6. The molecule has 2 heterocycles. The van der Waals surface area contributed by atoms with Crippen molar-refractivity contribution in [1.29, 1.82) is 0 Å². The van der Waals surface area contributed by atoms with Crippen molar-refractivity contribution < 1.29 is 4.79 Å². The number of hydrogen-bond acceptors (Lipinski definition) is 2. The first-order valence-electron chi connectivity index (χ1n) is 8.67. The number of nitrogens with one attached hydrogen (secondary N) is 1. The fourth-order valence-electron chi connectivity index (χ4n) is 3.78. The summed E-state index contributed by atoms with van der Waals surface area (Å²) >= 11 is 0. The number of carbonyl (C=O) groups is 1. The SMILES string of the molecule is Cc1cccc(C2CCCCN2C(=O)C(C)C2CNC2)c1C.Cl. The Balaban J connectivity index is 0.00000192. The Morgan fingerprint density at radius 3 is 2.65 bits per heavy atom. The first-order valence-corrected chi connectivity index (χ1v) is 8.67. The van der Waals surface area contributed by atoms with Gasteiger partial charge in [-0.15, -0.1) is 12.4 Å². The minimum Gasteiger partial charge on any atom is -0.335 e. The fourth-order valence-corrected chi connectivity index (χ4v) is 3.78. The van der Waals surface area contributed by atoms with Crippen LogP contribution in [0.15, 0.2) is 18.2 Å². The maximum absolute atomic E-state index is 13.0. The van der Waals surface area contributed by atoms with Crippen molar-refractivity contribution in [3.8, 4) is 0 Å². The largest absolute Gasteiger partial charge is 0.335 e. The summed E-state index contributed by atoms with van der Waals surface area (Å²) in [6.45, 7) is 9.38. The molecule has 3 nitrogen and oxygen atoms in total. The lowest BCUT2D eigenvalue weighted by molar-refractivity contribution is -0.141. The number of amides is 1. The van der Waals surface area contributed by atoms with E-state index in [2.05, 4.69) is 49.2 Å². The van der Waals surface area contributed by atoms with Gasteiger partial charge in [0.05, 0.1) is 6.04 Å². The fraction of sp³-hybridized carbons (Fsp3) is 0.632. The number of carbonyl (C=O) groups excluding carboxylic acids is 1. The molecule has 0 aliphatic carbocycles. The van der Waals surface area contributed by atoms with Gasteiger partial charge in [-0.3, -0.25) is 4.79 Å². The van der Waals surface area contributed by atoms with E-state index in [0.29, 0.717) is 11.8 Å². The summed E-state index contributed by atoms with van der Waals surface area (Å²) in [6, 6.07) is 6.79. The third-order valence-electron chi connectivity index (χ3n) is 5.70. The number of hydrogen-bond donors (Lipinski definition) is 1. The second-order valence-corrected chi connectivity index (χ2v) is 7.04. The molecule has 2 aliphatic heterocycles. The highest BCUT2D eigenvalue weighted by atomic mass is 35.5. The summed E-state index contributed by atoms with van der Waals surface area (Å²) in [5, 5.41) is 3.29. The summed E-state index contributed by atoms with van der Waals surface area (Å²) in [5.41, 5.74) is 4.03. The molecule has 0 radical (unpaired) electrons. The predicted octanol–water partition coefficient (Wildman–Crippen LogP) is 3.63. The van der Waals surface area contributed by atoms with E-state index in [1.165, 1.54) is 23.1 Å². The van der Waals surface area contributed by atoms with Crippen LogP contribution in [0.25, 0.3) is 0 Å². The van der Waals surface area contributed by atoms with Gasteiger partial charge >= 0.3 is 0 Å². The van der Waals surface area contributed by atoms with Gasteiger partial charge in [0, 0.05) is 12.5 Å². The van der Waals surface area contributed by atoms with E-state index in [1.54, 1.807) is 0 Å². The van der Waals surface area contributed by atoms with Crippen LogP contribution in [0.4, 0.5) is 0 Å². The Hall–Kier alpha value is -1.06. The Morgan fingerprint density at radius 1 is 1.26 bits per heavy atom. The quantitative estimate of drug-likeness (QED) is 0.914. The van der Waals surface area contributed by atoms with Gasteiger partial charge < -0.3 is 10.2 Å². The average Bonchev–Trinajstić information content (AvgIpc) is 2.47. The second kappa shape index (κ2) is 7.67. The summed E-state index contributed by atoms with van der Waals surface area (Å²) in [5.74, 6) is 1.03. The number of halogens is 1. The van der Waals surface area contributed by atoms with E-state index in [4.69, 9.17) is 0 Å². The molecule has 2 unspecified atom stereocenters. The topological polar surface area (TPSA) is 32.3 Å². The minimum atomic E-state index is 0. The average molecular weight is 337 g/mol. The second-order valence-electron chi connectivity index (χ2n) is 7.04. The molecule has 128 valence electrons. The Kier molecular flexibility index (Phi) is 6.10. The smallest absolute Gasteiger partial charge is 0.226 e. The van der Waals surface area contributed by atoms with Crippen LogP contribution < -0.4 is 5.32 Å². The zero-order valence-corrected chi connectivity index (χ0v) is 15.3. The van der Waals surface area contributed by atoms with E-state index < -0.39 is 0 Å². The molecule has 2 aliphatic rings. The molecule has 2 saturated heterocycles. The molecule has 1 amide bonds. The van der Waals surface area contributed by atoms with Crippen LogP contribution in [-0.4, -0.2) is 30.4 Å². The van der Waals surface area contributed by atoms with Gasteiger partial charge in [0.2, 0.25) is 5.91 Å². The monoisotopic (exact) mass is 336 g/mol. The molecule has 1 N–H and O–H groups in total. The molecule has 1 aromatic carbocycles. The van der Waals surface area contributed by atoms with Gasteiger partial charge in [-0.25, -0.2) is 0 Å². The zero-order valence-electron chi connectivity index (χ0n) is 14.5. The van der Waals surface area contributed by atoms with Crippen LogP contribution in [-0.2, 0) is 4.79 Å². The van der Waals surface area contributed by atoms with Crippen LogP contribution in [0.3, 0.4) is 0 Å². The van der Waals surface area contributed by atoms with Gasteiger partial charge in [-0.1, -0.05) is 25.1 Å². The molecule has 2 atom stereocenters. The number of likely N-dealkylation sites (tertiary alicyclic amines) is 1. The molecule has 2 fully saturated rings. The Labute approximate surface area is 146 Å². The molecule has 0 saturated carbocycles. The predicted molar refractivity (Wildman–Crippen MR) is 97.0 cm³/mol. The first kappa shape index (κ1) is 18.3. The summed E-state index contributed by atoms with van der Waals surface area (Å²) in [4.78, 5) is 15.2. The molecular weight excluding hydrogens is 308 g/mol. The highest BCUT2D eigenvalue weighted by Crippen LogP contribution is 2.35. The van der Waals surface area contributed by atoms with Crippen molar-refractivity contribution in [2.45, 2.75) is 46.1 Å². The van der Waals surface area contributed by atoms with Crippen molar-refractivity contribution in [3.05, 3.63) is 34.9 Å². The number of aryl methyl sites for hydroxylation is 1. The molecule has 0 spiro atoms. The van der Waals surface area contributed by atoms with E-state index in [0.717, 1.165) is 32.5 Å². The highest BCUT2D eigenvalue weighted by Gasteiger charge is 2.36. The van der Waals surface area contributed by atoms with E-state index >= 15 is 0 Å². The van der Waals surface area contributed by atoms with Crippen LogP contribution in [0, 0.1) is 25.7 Å². The van der Waals surface area contributed by atoms with Crippen LogP contribution in [0.1, 0.15) is 48.9 Å². The maximum atomic E-state index is 13.0. The summed E-state index contributed by atoms with van der Waals surface area (Å²) < 4.78 is 0. The van der Waals surface area contributed by atoms with Crippen molar-refractivity contribution in [1.82, 2.24) is 10.2 Å². The Morgan fingerprint density at radius 2 is 2.00 bits per heavy atom. The van der Waals surface area contributed by atoms with Gasteiger partial charge in [0.25, 0.3) is 0 Å². The molecule has 0 aromatic heterocycles. The highest BCUT2D eigenvalue weighted by molar-refractivity contribution is 5.85. The normalized spacial score (nSPS) is 22.9. The third-order valence-corrected chi connectivity index (χ3v) is 5.70. The lowest BCUT2D eigenvalue weighted by Gasteiger charge is -2.41. The lowest BCUT2D eigenvalue weighted by Crippen LogP contribution is -2.51. The van der Waals surface area contributed by atoms with Gasteiger partial charge in [-0.05, 0) is 68.8 Å². The zero-order chi connectivity index (χ0) is 15.7. The van der Waals surface area contributed by atoms with Crippen LogP contribution in [0.5, 0.6) is 0 Å². The summed E-state index contributed by atoms with van der Waals surface area (Å²) in [6.07, 6.45) is 3.47. The van der Waals surface area contributed by atoms with Crippen molar-refractivity contribution in [2.75, 3.05) is 19.6 Å². The van der Waals surface area contributed by atoms with Crippen LogP contribution in [0.2, 0.25) is 0 Å². The molecular formula is C19H29ClN2O. The lowest BCUT2D eigenvalue weighted by atomic mass is 9.85. The minimum absolute atomic E-state index is 0. The third kappa shape index (κ3) is 3.56. The van der Waals surface area contributed by atoms with Gasteiger partial charge in [-0.2, -0.15) is 0 Å². The number of rotatable bonds is 3. The van der Waals surface area contributed by atoms with Crippen molar-refractivity contribution >= 4 is 18.3 Å². The van der Waals surface area contributed by atoms with E-state index in [-0.39, 0.29) is 24.4 Å². The number of nitrogens with zero attached hydrogens (tertiary/aromatic N) is 1. The molecule has 1 aromatic rings. The van der Waals surface area contributed by atoms with Gasteiger partial charge in [0.1, 0.15) is 0 Å². The van der Waals surface area contributed by atoms with Gasteiger partial charge in [0.15, 0.2) is 0 Å². The van der Waals surface area contributed by atoms with E-state index in [9.17, 15) is 4.79 Å². The standard InChI is InChI=1S/C19H28N2O.ClH/c1-13-7-6-8-17(14(13)2)18-9-4-5-10-21(18)19(22)15(3)16-11-20-12-16;/h6-8,15-16,18,20H,4-5,9-12H2,1-3H3;1H. The summed E-state index contributed by atoms with van der Waals surface area (Å²) in [7, 11) is 0. The number of piperidine rings is 1. The molecule has 3 rings (SSSR count). The van der Waals surface area contributed by atoms with Crippen LogP contribution >= 0.6 is 12.4 Å². The van der Waals surface area contributed by atoms with Crippen molar-refractivity contribution in [2.24, 2.45) is 11.8 Å². The maximum Gasteiger partial charge on any atom is 0.226 e.